The van der Waals surface area contributed by atoms with E-state index in [0.29, 0.717) is 5.52 Å². The van der Waals surface area contributed by atoms with E-state index in [1.54, 1.807) is 12.1 Å². The van der Waals surface area contributed by atoms with Crippen molar-refractivity contribution in [2.75, 3.05) is 0 Å². The molecule has 4 nitrogen and oxygen atoms in total. The van der Waals surface area contributed by atoms with Crippen molar-refractivity contribution in [3.63, 3.8) is 0 Å². The fourth-order valence-electron chi connectivity index (χ4n) is 1.48. The Kier molecular flexibility index (Phi) is 1.98. The molecule has 1 heterocycles. The minimum Gasteiger partial charge on any atom is -0.508 e. The maximum absolute atomic E-state index is 11.2. The number of aromatic amines is 1. The van der Waals surface area contributed by atoms with Crippen LogP contribution in [0.2, 0.25) is 0 Å². The number of pyridine rings is 1. The standard InChI is InChI=1S/C10H10N2O2/c11-5-6-3-10(14)12-9-2-1-7(13)4-8(6)9/h1-4,13H,5,11H2,(H,12,14). The second-order valence-electron chi connectivity index (χ2n) is 3.09. The van der Waals surface area contributed by atoms with Crippen molar-refractivity contribution in [1.29, 1.82) is 0 Å². The SMILES string of the molecule is NCc1cc(=O)[nH]c2ccc(O)cc12. The van der Waals surface area contributed by atoms with Crippen LogP contribution in [0.4, 0.5) is 0 Å². The first-order valence-electron chi connectivity index (χ1n) is 4.25. The molecule has 0 aliphatic carbocycles. The molecule has 72 valence electrons. The number of nitrogens with one attached hydrogen (secondary N) is 1. The number of nitrogens with two attached hydrogens (primary N) is 1. The molecule has 0 unspecified atom stereocenters. The van der Waals surface area contributed by atoms with Crippen molar-refractivity contribution in [3.8, 4) is 5.75 Å². The summed E-state index contributed by atoms with van der Waals surface area (Å²) < 4.78 is 0. The smallest absolute Gasteiger partial charge is 0.248 e. The van der Waals surface area contributed by atoms with E-state index in [2.05, 4.69) is 4.98 Å². The highest BCUT2D eigenvalue weighted by molar-refractivity contribution is 5.83. The maximum atomic E-state index is 11.2. The second kappa shape index (κ2) is 3.16. The molecule has 0 aliphatic rings. The molecule has 2 rings (SSSR count). The van der Waals surface area contributed by atoms with Crippen molar-refractivity contribution in [2.24, 2.45) is 5.73 Å². The minimum atomic E-state index is -0.177. The van der Waals surface area contributed by atoms with Gasteiger partial charge >= 0.3 is 0 Å². The molecule has 0 atom stereocenters. The lowest BCUT2D eigenvalue weighted by atomic mass is 10.1. The van der Waals surface area contributed by atoms with Crippen molar-refractivity contribution in [1.82, 2.24) is 4.98 Å². The Morgan fingerprint density at radius 2 is 2.14 bits per heavy atom. The van der Waals surface area contributed by atoms with E-state index in [-0.39, 0.29) is 17.9 Å². The van der Waals surface area contributed by atoms with Crippen molar-refractivity contribution in [2.45, 2.75) is 6.54 Å². The van der Waals surface area contributed by atoms with Crippen LogP contribution in [-0.2, 0) is 6.54 Å². The number of phenolic OH excluding ortho intramolecular Hbond substituents is 1. The Balaban J connectivity index is 2.88. The normalized spacial score (nSPS) is 10.6. The minimum absolute atomic E-state index is 0.166. The van der Waals surface area contributed by atoms with Crippen LogP contribution < -0.4 is 11.3 Å². The monoisotopic (exact) mass is 190 g/mol. The van der Waals surface area contributed by atoms with Crippen LogP contribution in [0.3, 0.4) is 0 Å². The lowest BCUT2D eigenvalue weighted by molar-refractivity contribution is 0.476. The number of aromatic nitrogens is 1. The van der Waals surface area contributed by atoms with E-state index >= 15 is 0 Å². The Hall–Kier alpha value is -1.81. The lowest BCUT2D eigenvalue weighted by Gasteiger charge is -2.03. The fraction of sp³-hybridized carbons (Fsp3) is 0.100. The van der Waals surface area contributed by atoms with E-state index in [9.17, 15) is 9.90 Å². The number of H-pyrrole nitrogens is 1. The molecule has 1 aromatic heterocycles. The Bertz CT molecular complexity index is 531. The van der Waals surface area contributed by atoms with Crippen LogP contribution in [0.25, 0.3) is 10.9 Å². The molecule has 1 aromatic carbocycles. The zero-order chi connectivity index (χ0) is 10.1. The topological polar surface area (TPSA) is 79.1 Å². The highest BCUT2D eigenvalue weighted by Gasteiger charge is 2.02. The summed E-state index contributed by atoms with van der Waals surface area (Å²) >= 11 is 0. The second-order valence-corrected chi connectivity index (χ2v) is 3.09. The van der Waals surface area contributed by atoms with Gasteiger partial charge in [-0.15, -0.1) is 0 Å². The number of hydrogen-bond acceptors (Lipinski definition) is 3. The van der Waals surface area contributed by atoms with Gasteiger partial charge in [-0.05, 0) is 23.8 Å². The van der Waals surface area contributed by atoms with Crippen LogP contribution >= 0.6 is 0 Å². The summed E-state index contributed by atoms with van der Waals surface area (Å²) in [4.78, 5) is 13.8. The first-order chi connectivity index (χ1) is 6.70. The number of aromatic hydroxyl groups is 1. The summed E-state index contributed by atoms with van der Waals surface area (Å²) in [6.45, 7) is 0.282. The molecular formula is C10H10N2O2. The summed E-state index contributed by atoms with van der Waals surface area (Å²) in [5, 5.41) is 10.1. The van der Waals surface area contributed by atoms with Crippen LogP contribution in [0.5, 0.6) is 5.75 Å². The summed E-state index contributed by atoms with van der Waals surface area (Å²) in [5.41, 5.74) is 6.75. The number of hydrogen-bond donors (Lipinski definition) is 3. The van der Waals surface area contributed by atoms with Gasteiger partial charge in [-0.1, -0.05) is 0 Å². The van der Waals surface area contributed by atoms with Crippen molar-refractivity contribution < 1.29 is 5.11 Å². The number of rotatable bonds is 1. The Morgan fingerprint density at radius 3 is 2.86 bits per heavy atom. The van der Waals surface area contributed by atoms with E-state index in [0.717, 1.165) is 10.9 Å². The van der Waals surface area contributed by atoms with Crippen molar-refractivity contribution >= 4 is 10.9 Å². The molecule has 4 heteroatoms. The average molecular weight is 190 g/mol. The third-order valence-corrected chi connectivity index (χ3v) is 2.13. The first-order valence-corrected chi connectivity index (χ1v) is 4.25. The highest BCUT2D eigenvalue weighted by atomic mass is 16.3. The zero-order valence-electron chi connectivity index (χ0n) is 7.45. The van der Waals surface area contributed by atoms with Gasteiger partial charge in [0.15, 0.2) is 0 Å². The highest BCUT2D eigenvalue weighted by Crippen LogP contribution is 2.19. The molecule has 0 saturated heterocycles. The lowest BCUT2D eigenvalue weighted by Crippen LogP contribution is -2.09. The number of fused-ring (bicyclic) bond motifs is 1. The van der Waals surface area contributed by atoms with E-state index in [1.807, 2.05) is 0 Å². The third-order valence-electron chi connectivity index (χ3n) is 2.13. The van der Waals surface area contributed by atoms with Gasteiger partial charge in [0.05, 0.1) is 0 Å². The summed E-state index contributed by atoms with van der Waals surface area (Å²) in [6, 6.07) is 6.22. The largest absolute Gasteiger partial charge is 0.508 e. The molecule has 0 fully saturated rings. The quantitative estimate of drug-likeness (QED) is 0.619. The van der Waals surface area contributed by atoms with E-state index in [1.165, 1.54) is 12.1 Å². The molecule has 2 aromatic rings. The molecule has 0 radical (unpaired) electrons. The van der Waals surface area contributed by atoms with Gasteiger partial charge in [0.25, 0.3) is 0 Å². The van der Waals surface area contributed by atoms with Crippen LogP contribution in [0.1, 0.15) is 5.56 Å². The molecule has 0 spiro atoms. The number of phenols is 1. The van der Waals surface area contributed by atoms with Crippen molar-refractivity contribution in [3.05, 3.63) is 40.2 Å². The van der Waals surface area contributed by atoms with E-state index in [4.69, 9.17) is 5.73 Å². The van der Waals surface area contributed by atoms with Gasteiger partial charge in [0.2, 0.25) is 5.56 Å². The van der Waals surface area contributed by atoms with Crippen LogP contribution in [-0.4, -0.2) is 10.1 Å². The average Bonchev–Trinajstić information content (AvgIpc) is 2.17. The molecule has 4 N–H and O–H groups in total. The molecule has 0 bridgehead atoms. The number of benzene rings is 1. The molecular weight excluding hydrogens is 180 g/mol. The van der Waals surface area contributed by atoms with Gasteiger partial charge in [-0.3, -0.25) is 4.79 Å². The third kappa shape index (κ3) is 1.36. The molecule has 0 aliphatic heterocycles. The van der Waals surface area contributed by atoms with Crippen LogP contribution in [0.15, 0.2) is 29.1 Å². The van der Waals surface area contributed by atoms with Gasteiger partial charge in [-0.25, -0.2) is 0 Å². The zero-order valence-corrected chi connectivity index (χ0v) is 7.45. The van der Waals surface area contributed by atoms with Gasteiger partial charge in [0.1, 0.15) is 5.75 Å². The van der Waals surface area contributed by atoms with Gasteiger partial charge in [0, 0.05) is 23.5 Å². The van der Waals surface area contributed by atoms with Gasteiger partial charge in [-0.2, -0.15) is 0 Å². The molecule has 0 amide bonds. The summed E-state index contributed by atoms with van der Waals surface area (Å²) in [7, 11) is 0. The summed E-state index contributed by atoms with van der Waals surface area (Å²) in [6.07, 6.45) is 0. The predicted octanol–water partition coefficient (Wildman–Crippen LogP) is 0.692. The fourth-order valence-corrected chi connectivity index (χ4v) is 1.48. The Labute approximate surface area is 80.0 Å². The maximum Gasteiger partial charge on any atom is 0.248 e. The first kappa shape index (κ1) is 8.77. The summed E-state index contributed by atoms with van der Waals surface area (Å²) in [5.74, 6) is 0.166. The van der Waals surface area contributed by atoms with E-state index < -0.39 is 0 Å². The predicted molar refractivity (Wildman–Crippen MR) is 54.1 cm³/mol. The van der Waals surface area contributed by atoms with Gasteiger partial charge < -0.3 is 15.8 Å². The Morgan fingerprint density at radius 1 is 1.36 bits per heavy atom. The molecule has 14 heavy (non-hydrogen) atoms. The molecule has 0 saturated carbocycles. The van der Waals surface area contributed by atoms with Crippen LogP contribution in [0, 0.1) is 0 Å².